The number of aromatic nitrogens is 1. The number of aliphatic carboxylic acids is 1. The maximum Gasteiger partial charge on any atom is 0.419 e. The summed E-state index contributed by atoms with van der Waals surface area (Å²) in [7, 11) is 0. The van der Waals surface area contributed by atoms with Gasteiger partial charge in [-0.25, -0.2) is 13.2 Å². The van der Waals surface area contributed by atoms with E-state index in [0.717, 1.165) is 12.6 Å². The van der Waals surface area contributed by atoms with Gasteiger partial charge in [0.1, 0.15) is 23.5 Å². The molecule has 52 heavy (non-hydrogen) atoms. The number of nitrogens with zero attached hydrogens (tertiary/aromatic N) is 2. The predicted octanol–water partition coefficient (Wildman–Crippen LogP) is 8.06. The van der Waals surface area contributed by atoms with Crippen LogP contribution < -0.4 is 10.9 Å². The fraction of sp³-hybridized carbons (Fsp3) is 0.472. The Kier molecular flexibility index (Phi) is 11.9. The van der Waals surface area contributed by atoms with E-state index in [9.17, 15) is 50.2 Å². The third-order valence-electron chi connectivity index (χ3n) is 9.18. The van der Waals surface area contributed by atoms with E-state index in [0.29, 0.717) is 23.7 Å². The quantitative estimate of drug-likeness (QED) is 0.183. The van der Waals surface area contributed by atoms with Gasteiger partial charge in [-0.05, 0) is 92.9 Å². The lowest BCUT2D eigenvalue weighted by atomic mass is 9.88. The molecular weight excluding hydrogens is 709 g/mol. The van der Waals surface area contributed by atoms with Crippen LogP contribution in [0.4, 0.5) is 39.5 Å². The minimum absolute atomic E-state index is 0.0898. The third-order valence-corrected chi connectivity index (χ3v) is 9.18. The molecule has 1 aliphatic rings. The second-order valence-corrected chi connectivity index (χ2v) is 13.5. The zero-order valence-corrected chi connectivity index (χ0v) is 29.0. The average molecular weight is 748 g/mol. The van der Waals surface area contributed by atoms with Gasteiger partial charge in [0.2, 0.25) is 5.91 Å². The van der Waals surface area contributed by atoms with Crippen LogP contribution in [0.15, 0.2) is 29.2 Å². The Labute approximate surface area is 293 Å². The SMILES string of the molecule is Cc1cc(C)c(-c2cc(C(F)(F)F)c(F)c([C@H](CC(=O)O)NC(=O)C(CC(C)C)n3cc(CCN4CCC4)c(C(F)(F)F)cc3=O)c2F)c(C)c1F. The first-order valence-electron chi connectivity index (χ1n) is 16.4. The van der Waals surface area contributed by atoms with Crippen LogP contribution >= 0.6 is 0 Å². The Hall–Kier alpha value is -4.34. The Balaban J connectivity index is 1.90. The van der Waals surface area contributed by atoms with Gasteiger partial charge < -0.3 is 19.9 Å². The minimum Gasteiger partial charge on any atom is -0.481 e. The molecule has 16 heteroatoms. The zero-order chi connectivity index (χ0) is 39.0. The molecule has 1 aliphatic heterocycles. The molecule has 1 aromatic heterocycles. The monoisotopic (exact) mass is 747 g/mol. The van der Waals surface area contributed by atoms with Crippen LogP contribution in [0.2, 0.25) is 0 Å². The highest BCUT2D eigenvalue weighted by Crippen LogP contribution is 2.43. The summed E-state index contributed by atoms with van der Waals surface area (Å²) in [5, 5.41) is 11.8. The summed E-state index contributed by atoms with van der Waals surface area (Å²) in [6, 6.07) is -2.30. The number of nitrogens with one attached hydrogen (secondary N) is 1. The molecule has 2 aromatic carbocycles. The van der Waals surface area contributed by atoms with E-state index in [4.69, 9.17) is 0 Å². The van der Waals surface area contributed by atoms with Crippen molar-refractivity contribution >= 4 is 11.9 Å². The zero-order valence-electron chi connectivity index (χ0n) is 29.0. The molecule has 3 aromatic rings. The first kappa shape index (κ1) is 40.4. The van der Waals surface area contributed by atoms with Gasteiger partial charge in [0.25, 0.3) is 5.56 Å². The van der Waals surface area contributed by atoms with Crippen molar-refractivity contribution in [2.24, 2.45) is 5.92 Å². The highest BCUT2D eigenvalue weighted by atomic mass is 19.4. The molecule has 7 nitrogen and oxygen atoms in total. The highest BCUT2D eigenvalue weighted by Gasteiger charge is 2.41. The maximum absolute atomic E-state index is 16.5. The van der Waals surface area contributed by atoms with Gasteiger partial charge in [0, 0.05) is 29.9 Å². The van der Waals surface area contributed by atoms with Crippen molar-refractivity contribution in [3.05, 3.63) is 91.1 Å². The Bertz CT molecular complexity index is 1910. The molecule has 0 bridgehead atoms. The fourth-order valence-corrected chi connectivity index (χ4v) is 6.57. The van der Waals surface area contributed by atoms with E-state index in [1.807, 2.05) is 4.90 Å². The average Bonchev–Trinajstić information content (AvgIpc) is 2.98. The number of rotatable bonds is 12. The van der Waals surface area contributed by atoms with Crippen LogP contribution in [-0.4, -0.2) is 46.1 Å². The summed E-state index contributed by atoms with van der Waals surface area (Å²) in [5.41, 5.74) is -7.65. The van der Waals surface area contributed by atoms with Gasteiger partial charge in [-0.15, -0.1) is 0 Å². The molecule has 0 saturated carbocycles. The van der Waals surface area contributed by atoms with Crippen molar-refractivity contribution < 1.29 is 54.2 Å². The standard InChI is InChI=1S/C36H38F9N3O4/c1-17(2)11-26(48-16-21(7-10-47-8-6-9-47)23(14-27(48)49)35(40,41)42)34(52)46-25(15-28(50)51)30-32(38)22(13-24(33(30)39)36(43,44)45)29-18(3)12-19(4)31(37)20(29)5/h12-14,16-17,25-26H,6-11,15H2,1-5H3,(H,46,52)(H,50,51)/t25-,26?/m0/s1. The van der Waals surface area contributed by atoms with E-state index in [2.05, 4.69) is 5.32 Å². The number of carboxylic acids is 1. The van der Waals surface area contributed by atoms with Crippen molar-refractivity contribution in [1.29, 1.82) is 0 Å². The van der Waals surface area contributed by atoms with Crippen LogP contribution in [0.25, 0.3) is 11.1 Å². The lowest BCUT2D eigenvalue weighted by molar-refractivity contribution is -0.140. The molecule has 4 rings (SSSR count). The largest absolute Gasteiger partial charge is 0.481 e. The number of aryl methyl sites for hydroxylation is 2. The number of carboxylic acid groups (broad SMARTS) is 1. The van der Waals surface area contributed by atoms with Crippen molar-refractivity contribution in [2.45, 2.75) is 84.7 Å². The molecule has 1 fully saturated rings. The van der Waals surface area contributed by atoms with Crippen LogP contribution in [0.1, 0.15) is 84.1 Å². The number of likely N-dealkylation sites (tertiary alicyclic amines) is 1. The number of benzene rings is 2. The third kappa shape index (κ3) is 8.64. The molecule has 1 saturated heterocycles. The van der Waals surface area contributed by atoms with E-state index in [-0.39, 0.29) is 53.3 Å². The molecule has 0 aliphatic carbocycles. The molecule has 2 N–H and O–H groups in total. The van der Waals surface area contributed by atoms with Crippen molar-refractivity contribution in [3.63, 3.8) is 0 Å². The second-order valence-electron chi connectivity index (χ2n) is 13.5. The minimum atomic E-state index is -5.47. The molecule has 0 radical (unpaired) electrons. The molecule has 284 valence electrons. The lowest BCUT2D eigenvalue weighted by Gasteiger charge is -2.31. The first-order valence-corrected chi connectivity index (χ1v) is 16.4. The number of carbonyl (C=O) groups excluding carboxylic acids is 1. The summed E-state index contributed by atoms with van der Waals surface area (Å²) in [6.07, 6.45) is -10.4. The summed E-state index contributed by atoms with van der Waals surface area (Å²) < 4.78 is 133. The molecule has 2 atom stereocenters. The Morgan fingerprint density at radius 3 is 2.02 bits per heavy atom. The van der Waals surface area contributed by atoms with Crippen molar-refractivity contribution in [2.75, 3.05) is 19.6 Å². The number of amides is 1. The number of carbonyl (C=O) groups is 2. The number of halogens is 9. The van der Waals surface area contributed by atoms with E-state index in [1.165, 1.54) is 26.8 Å². The summed E-state index contributed by atoms with van der Waals surface area (Å²) in [6.45, 7) is 8.63. The highest BCUT2D eigenvalue weighted by molar-refractivity contribution is 5.82. The Morgan fingerprint density at radius 2 is 1.50 bits per heavy atom. The number of hydrogen-bond donors (Lipinski definition) is 2. The van der Waals surface area contributed by atoms with Gasteiger partial charge in [0.05, 0.1) is 23.6 Å². The molecular formula is C36H38F9N3O4. The van der Waals surface area contributed by atoms with Crippen LogP contribution in [-0.2, 0) is 28.4 Å². The number of alkyl halides is 6. The fourth-order valence-electron chi connectivity index (χ4n) is 6.57. The normalized spacial score (nSPS) is 15.1. The number of pyridine rings is 1. The van der Waals surface area contributed by atoms with Crippen molar-refractivity contribution in [3.8, 4) is 11.1 Å². The van der Waals surface area contributed by atoms with Gasteiger partial charge in [0.15, 0.2) is 0 Å². The Morgan fingerprint density at radius 1 is 0.885 bits per heavy atom. The first-order chi connectivity index (χ1) is 24.0. The van der Waals surface area contributed by atoms with Gasteiger partial charge >= 0.3 is 18.3 Å². The van der Waals surface area contributed by atoms with Gasteiger partial charge in [-0.3, -0.25) is 14.4 Å². The van der Waals surface area contributed by atoms with Crippen molar-refractivity contribution in [1.82, 2.24) is 14.8 Å². The smallest absolute Gasteiger partial charge is 0.419 e. The molecule has 1 amide bonds. The summed E-state index contributed by atoms with van der Waals surface area (Å²) in [4.78, 5) is 41.0. The van der Waals surface area contributed by atoms with E-state index in [1.54, 1.807) is 13.8 Å². The maximum atomic E-state index is 16.5. The molecule has 0 spiro atoms. The summed E-state index contributed by atoms with van der Waals surface area (Å²) >= 11 is 0. The van der Waals surface area contributed by atoms with Crippen LogP contribution in [0.3, 0.4) is 0 Å². The molecule has 2 heterocycles. The van der Waals surface area contributed by atoms with E-state index < -0.39 is 93.9 Å². The molecule has 1 unspecified atom stereocenters. The van der Waals surface area contributed by atoms with Crippen LogP contribution in [0.5, 0.6) is 0 Å². The van der Waals surface area contributed by atoms with Crippen LogP contribution in [0, 0.1) is 44.1 Å². The topological polar surface area (TPSA) is 91.6 Å². The van der Waals surface area contributed by atoms with Gasteiger partial charge in [-0.2, -0.15) is 26.3 Å². The number of hydrogen-bond acceptors (Lipinski definition) is 4. The predicted molar refractivity (Wildman–Crippen MR) is 173 cm³/mol. The second kappa shape index (κ2) is 15.3. The summed E-state index contributed by atoms with van der Waals surface area (Å²) in [5.74, 6) is -8.34. The lowest BCUT2D eigenvalue weighted by Crippen LogP contribution is -2.41. The van der Waals surface area contributed by atoms with E-state index >= 15 is 8.78 Å². The van der Waals surface area contributed by atoms with Gasteiger partial charge in [-0.1, -0.05) is 19.9 Å².